The van der Waals surface area contributed by atoms with Gasteiger partial charge in [-0.3, -0.25) is 9.69 Å². The van der Waals surface area contributed by atoms with Crippen LogP contribution in [0.5, 0.6) is 0 Å². The third kappa shape index (κ3) is 2.95. The lowest BCUT2D eigenvalue weighted by Gasteiger charge is -2.24. The molecule has 1 saturated heterocycles. The molecule has 1 aliphatic heterocycles. The monoisotopic (exact) mass is 263 g/mol. The van der Waals surface area contributed by atoms with Crippen LogP contribution in [-0.2, 0) is 9.53 Å². The molecule has 0 bridgehead atoms. The second-order valence-corrected chi connectivity index (χ2v) is 4.60. The number of hydrogen-bond acceptors (Lipinski definition) is 3. The first-order valence-corrected chi connectivity index (χ1v) is 6.16. The van der Waals surface area contributed by atoms with Crippen molar-refractivity contribution in [2.24, 2.45) is 0 Å². The topological polar surface area (TPSA) is 29.5 Å². The fourth-order valence-corrected chi connectivity index (χ4v) is 2.61. The summed E-state index contributed by atoms with van der Waals surface area (Å²) in [6, 6.07) is 1.01. The Morgan fingerprint density at radius 3 is 2.71 bits per heavy atom. The zero-order valence-corrected chi connectivity index (χ0v) is 10.4. The van der Waals surface area contributed by atoms with Crippen molar-refractivity contribution in [3.8, 4) is 0 Å². The zero-order chi connectivity index (χ0) is 10.6. The van der Waals surface area contributed by atoms with Crippen molar-refractivity contribution in [2.45, 2.75) is 37.8 Å². The quantitative estimate of drug-likeness (QED) is 0.572. The van der Waals surface area contributed by atoms with Crippen LogP contribution >= 0.6 is 15.9 Å². The summed E-state index contributed by atoms with van der Waals surface area (Å²) in [7, 11) is 3.56. The van der Waals surface area contributed by atoms with Gasteiger partial charge in [0.2, 0.25) is 0 Å². The largest absolute Gasteiger partial charge is 0.469 e. The lowest BCUT2D eigenvalue weighted by atomic mass is 10.1. The molecule has 1 heterocycles. The maximum atomic E-state index is 11.1. The molecule has 0 amide bonds. The number of nitrogens with zero attached hydrogens (tertiary/aromatic N) is 1. The van der Waals surface area contributed by atoms with E-state index in [1.807, 2.05) is 0 Å². The molecule has 0 aromatic rings. The second kappa shape index (κ2) is 5.71. The van der Waals surface area contributed by atoms with Crippen LogP contribution in [-0.4, -0.2) is 42.4 Å². The van der Waals surface area contributed by atoms with Crippen LogP contribution in [0.3, 0.4) is 0 Å². The highest BCUT2D eigenvalue weighted by atomic mass is 79.9. The molecule has 0 aliphatic carbocycles. The molecule has 2 atom stereocenters. The van der Waals surface area contributed by atoms with Crippen molar-refractivity contribution in [1.29, 1.82) is 0 Å². The average molecular weight is 264 g/mol. The van der Waals surface area contributed by atoms with Crippen molar-refractivity contribution in [3.63, 3.8) is 0 Å². The van der Waals surface area contributed by atoms with Gasteiger partial charge < -0.3 is 4.74 Å². The van der Waals surface area contributed by atoms with Crippen molar-refractivity contribution in [1.82, 2.24) is 4.90 Å². The molecule has 0 radical (unpaired) electrons. The van der Waals surface area contributed by atoms with Gasteiger partial charge in [-0.1, -0.05) is 15.9 Å². The van der Waals surface area contributed by atoms with Gasteiger partial charge in [-0.05, 0) is 26.3 Å². The Morgan fingerprint density at radius 2 is 2.14 bits per heavy atom. The van der Waals surface area contributed by atoms with E-state index >= 15 is 0 Å². The number of ether oxygens (including phenoxy) is 1. The summed E-state index contributed by atoms with van der Waals surface area (Å²) in [6.45, 7) is 0. The minimum atomic E-state index is -0.0960. The van der Waals surface area contributed by atoms with E-state index in [4.69, 9.17) is 0 Å². The molecular weight excluding hydrogens is 246 g/mol. The fraction of sp³-hybridized carbons (Fsp3) is 0.900. The highest BCUT2D eigenvalue weighted by Crippen LogP contribution is 2.27. The van der Waals surface area contributed by atoms with Crippen LogP contribution < -0.4 is 0 Å². The van der Waals surface area contributed by atoms with Crippen LogP contribution in [0.2, 0.25) is 0 Å². The smallest absolute Gasteiger partial charge is 0.307 e. The Hall–Kier alpha value is -0.0900. The number of esters is 1. The van der Waals surface area contributed by atoms with Gasteiger partial charge in [-0.2, -0.15) is 0 Å². The van der Waals surface area contributed by atoms with Gasteiger partial charge >= 0.3 is 5.97 Å². The first-order chi connectivity index (χ1) is 6.69. The Morgan fingerprint density at radius 1 is 1.50 bits per heavy atom. The minimum absolute atomic E-state index is 0.0960. The maximum Gasteiger partial charge on any atom is 0.307 e. The summed E-state index contributed by atoms with van der Waals surface area (Å²) in [6.07, 6.45) is 4.01. The van der Waals surface area contributed by atoms with Gasteiger partial charge in [0.25, 0.3) is 0 Å². The lowest BCUT2D eigenvalue weighted by molar-refractivity contribution is -0.141. The third-order valence-corrected chi connectivity index (χ3v) is 3.52. The van der Waals surface area contributed by atoms with Crippen molar-refractivity contribution in [3.05, 3.63) is 0 Å². The molecule has 1 rings (SSSR count). The lowest BCUT2D eigenvalue weighted by Crippen LogP contribution is -2.34. The van der Waals surface area contributed by atoms with E-state index < -0.39 is 0 Å². The van der Waals surface area contributed by atoms with Crippen LogP contribution in [0, 0.1) is 0 Å². The molecular formula is C10H18BrNO2. The van der Waals surface area contributed by atoms with Gasteiger partial charge in [0.05, 0.1) is 13.5 Å². The van der Waals surface area contributed by atoms with E-state index in [1.165, 1.54) is 13.5 Å². The summed E-state index contributed by atoms with van der Waals surface area (Å²) in [4.78, 5) is 13.4. The Bertz CT molecular complexity index is 199. The van der Waals surface area contributed by atoms with E-state index in [0.29, 0.717) is 18.5 Å². The molecule has 0 spiro atoms. The number of carbonyl (C=O) groups excluding carboxylic acids is 1. The van der Waals surface area contributed by atoms with Crippen LogP contribution in [0.4, 0.5) is 0 Å². The van der Waals surface area contributed by atoms with Gasteiger partial charge in [-0.15, -0.1) is 0 Å². The van der Waals surface area contributed by atoms with Gasteiger partial charge in [-0.25, -0.2) is 0 Å². The normalized spacial score (nSPS) is 27.9. The number of carbonyl (C=O) groups is 1. The highest BCUT2D eigenvalue weighted by Gasteiger charge is 2.31. The molecule has 1 fully saturated rings. The summed E-state index contributed by atoms with van der Waals surface area (Å²) in [5.41, 5.74) is 0. The number of rotatable bonds is 4. The molecule has 1 aliphatic rings. The van der Waals surface area contributed by atoms with Crippen LogP contribution in [0.25, 0.3) is 0 Å². The highest BCUT2D eigenvalue weighted by molar-refractivity contribution is 9.09. The number of halogens is 1. The first kappa shape index (κ1) is 12.0. The fourth-order valence-electron chi connectivity index (χ4n) is 2.09. The van der Waals surface area contributed by atoms with Crippen molar-refractivity contribution < 1.29 is 9.53 Å². The Balaban J connectivity index is 2.38. The molecule has 0 N–H and O–H groups in total. The number of methoxy groups -OCH3 is 1. The standard InChI is InChI=1S/C10H18BrNO2/c1-12-8(5-6-11)3-4-9(12)7-10(13)14-2/h8-9H,3-7H2,1-2H3/t8-,9+/m1/s1. The van der Waals surface area contributed by atoms with Crippen LogP contribution in [0.15, 0.2) is 0 Å². The number of likely N-dealkylation sites (tertiary alicyclic amines) is 1. The predicted molar refractivity (Wildman–Crippen MR) is 59.6 cm³/mol. The van der Waals surface area contributed by atoms with E-state index in [2.05, 4.69) is 32.6 Å². The van der Waals surface area contributed by atoms with Crippen molar-refractivity contribution in [2.75, 3.05) is 19.5 Å². The SMILES string of the molecule is COC(=O)C[C@@H]1CC[C@H](CCBr)N1C. The molecule has 0 aromatic carbocycles. The Kier molecular flexibility index (Phi) is 4.89. The van der Waals surface area contributed by atoms with Crippen LogP contribution in [0.1, 0.15) is 25.7 Å². The van der Waals surface area contributed by atoms with Gasteiger partial charge in [0.1, 0.15) is 0 Å². The van der Waals surface area contributed by atoms with E-state index in [9.17, 15) is 4.79 Å². The van der Waals surface area contributed by atoms with E-state index in [-0.39, 0.29) is 5.97 Å². The van der Waals surface area contributed by atoms with Crippen molar-refractivity contribution >= 4 is 21.9 Å². The molecule has 3 nitrogen and oxygen atoms in total. The molecule has 0 aromatic heterocycles. The average Bonchev–Trinajstić information content (AvgIpc) is 2.50. The van der Waals surface area contributed by atoms with E-state index in [1.54, 1.807) is 0 Å². The molecule has 4 heteroatoms. The first-order valence-electron chi connectivity index (χ1n) is 5.03. The van der Waals surface area contributed by atoms with Gasteiger partial charge in [0, 0.05) is 17.4 Å². The summed E-state index contributed by atoms with van der Waals surface area (Å²) < 4.78 is 4.68. The second-order valence-electron chi connectivity index (χ2n) is 3.81. The minimum Gasteiger partial charge on any atom is -0.469 e. The van der Waals surface area contributed by atoms with E-state index in [0.717, 1.165) is 18.2 Å². The molecule has 0 unspecified atom stereocenters. The predicted octanol–water partition coefficient (Wildman–Crippen LogP) is 1.80. The molecule has 82 valence electrons. The summed E-state index contributed by atoms with van der Waals surface area (Å²) >= 11 is 3.45. The summed E-state index contributed by atoms with van der Waals surface area (Å²) in [5.74, 6) is -0.0960. The number of alkyl halides is 1. The van der Waals surface area contributed by atoms with Gasteiger partial charge in [0.15, 0.2) is 0 Å². The zero-order valence-electron chi connectivity index (χ0n) is 8.83. The summed E-state index contributed by atoms with van der Waals surface area (Å²) in [5, 5.41) is 1.03. The maximum absolute atomic E-state index is 11.1. The third-order valence-electron chi connectivity index (χ3n) is 3.06. The Labute approximate surface area is 93.9 Å². The molecule has 0 saturated carbocycles. The number of hydrogen-bond donors (Lipinski definition) is 0. The molecule has 14 heavy (non-hydrogen) atoms.